The van der Waals surface area contributed by atoms with E-state index in [0.717, 1.165) is 55.3 Å². The Morgan fingerprint density at radius 3 is 2.74 bits per heavy atom. The maximum absolute atomic E-state index is 16.1. The highest BCUT2D eigenvalue weighted by atomic mass is 19.1. The summed E-state index contributed by atoms with van der Waals surface area (Å²) in [5.41, 5.74) is 8.07. The van der Waals surface area contributed by atoms with Gasteiger partial charge < -0.3 is 15.8 Å². The Morgan fingerprint density at radius 1 is 1.11 bits per heavy atom. The Morgan fingerprint density at radius 2 is 1.95 bits per heavy atom. The number of ether oxygens (including phenoxy) is 1. The molecule has 200 valence electrons. The third-order valence-corrected chi connectivity index (χ3v) is 8.24. The number of alkyl halides is 1. The van der Waals surface area contributed by atoms with Crippen LogP contribution in [0, 0.1) is 5.92 Å². The van der Waals surface area contributed by atoms with E-state index in [2.05, 4.69) is 20.4 Å². The lowest BCUT2D eigenvalue weighted by molar-refractivity contribution is 0.0753. The summed E-state index contributed by atoms with van der Waals surface area (Å²) in [6.45, 7) is 2.66. The van der Waals surface area contributed by atoms with E-state index in [1.807, 2.05) is 6.07 Å². The predicted octanol–water partition coefficient (Wildman–Crippen LogP) is 5.88. The number of imidazole rings is 1. The Kier molecular flexibility index (Phi) is 6.74. The van der Waals surface area contributed by atoms with Crippen molar-refractivity contribution in [3.05, 3.63) is 71.6 Å². The molecule has 38 heavy (non-hydrogen) atoms. The minimum atomic E-state index is -1.92. The molecule has 3 N–H and O–H groups in total. The number of hydrogen-bond acceptors (Lipinski definition) is 6. The predicted molar refractivity (Wildman–Crippen MR) is 143 cm³/mol. The van der Waals surface area contributed by atoms with Gasteiger partial charge in [-0.2, -0.15) is 9.61 Å². The maximum atomic E-state index is 16.1. The third-order valence-electron chi connectivity index (χ3n) is 8.24. The molecule has 9 heteroatoms. The fourth-order valence-corrected chi connectivity index (χ4v) is 6.29. The zero-order valence-electron chi connectivity index (χ0n) is 21.6. The highest BCUT2D eigenvalue weighted by molar-refractivity contribution is 5.62. The summed E-state index contributed by atoms with van der Waals surface area (Å²) in [4.78, 5) is 8.83. The molecule has 0 aromatic carbocycles. The highest BCUT2D eigenvalue weighted by Gasteiger charge is 2.42. The molecular weight excluding hydrogens is 486 g/mol. The molecule has 1 aliphatic heterocycles. The van der Waals surface area contributed by atoms with Crippen molar-refractivity contribution >= 4 is 17.2 Å². The van der Waals surface area contributed by atoms with E-state index in [1.165, 1.54) is 13.0 Å². The maximum Gasteiger partial charge on any atom is 0.229 e. The number of allylic oxidation sites excluding steroid dienone is 4. The number of anilines is 2. The van der Waals surface area contributed by atoms with E-state index in [4.69, 9.17) is 10.5 Å². The summed E-state index contributed by atoms with van der Waals surface area (Å²) in [5, 5.41) is 8.05. The molecule has 3 aromatic rings. The molecule has 2 unspecified atom stereocenters. The number of hydrogen-bond donors (Lipinski definition) is 2. The summed E-state index contributed by atoms with van der Waals surface area (Å²) in [6, 6.07) is 5.70. The minimum absolute atomic E-state index is 0.109. The average molecular weight is 521 g/mol. The topological polar surface area (TPSA) is 90.4 Å². The highest BCUT2D eigenvalue weighted by Crippen LogP contribution is 2.45. The average Bonchev–Trinajstić information content (AvgIpc) is 3.30. The van der Waals surface area contributed by atoms with Crippen molar-refractivity contribution in [2.45, 2.75) is 69.0 Å². The zero-order valence-corrected chi connectivity index (χ0v) is 21.6. The summed E-state index contributed by atoms with van der Waals surface area (Å²) >= 11 is 0. The molecule has 3 aliphatic rings. The number of aromatic nitrogens is 4. The number of nitrogens with zero attached hydrogens (tertiary/aromatic N) is 4. The van der Waals surface area contributed by atoms with Crippen LogP contribution in [0.25, 0.3) is 5.52 Å². The van der Waals surface area contributed by atoms with Crippen LogP contribution in [0.2, 0.25) is 0 Å². The second kappa shape index (κ2) is 10.2. The molecule has 0 radical (unpaired) electrons. The van der Waals surface area contributed by atoms with E-state index in [-0.39, 0.29) is 12.0 Å². The monoisotopic (exact) mass is 520 g/mol. The second-order valence-electron chi connectivity index (χ2n) is 11.0. The largest absolute Gasteiger partial charge is 0.381 e. The van der Waals surface area contributed by atoms with E-state index in [1.54, 1.807) is 41.3 Å². The van der Waals surface area contributed by atoms with Gasteiger partial charge in [0.05, 0.1) is 35.2 Å². The summed E-state index contributed by atoms with van der Waals surface area (Å²) in [5.74, 6) is -0.732. The van der Waals surface area contributed by atoms with Gasteiger partial charge in [-0.25, -0.2) is 13.8 Å². The molecule has 0 bridgehead atoms. The van der Waals surface area contributed by atoms with E-state index in [9.17, 15) is 0 Å². The van der Waals surface area contributed by atoms with Crippen molar-refractivity contribution in [2.75, 3.05) is 18.5 Å². The van der Waals surface area contributed by atoms with Crippen molar-refractivity contribution in [3.63, 3.8) is 0 Å². The van der Waals surface area contributed by atoms with Crippen molar-refractivity contribution in [1.82, 2.24) is 19.6 Å². The molecule has 4 heterocycles. The van der Waals surface area contributed by atoms with E-state index >= 15 is 8.78 Å². The first kappa shape index (κ1) is 25.1. The van der Waals surface area contributed by atoms with Crippen molar-refractivity contribution in [3.8, 4) is 0 Å². The molecule has 4 atom stereocenters. The molecule has 1 saturated heterocycles. The molecular formula is C29H34F2N6O. The fraction of sp³-hybridized carbons (Fsp3) is 0.483. The minimum Gasteiger partial charge on any atom is -0.381 e. The van der Waals surface area contributed by atoms with Crippen LogP contribution in [0.4, 0.5) is 20.4 Å². The van der Waals surface area contributed by atoms with Crippen LogP contribution in [0.1, 0.15) is 68.5 Å². The van der Waals surface area contributed by atoms with Gasteiger partial charge in [-0.3, -0.25) is 4.98 Å². The SMILES string of the molecule is CC1(F)C=C(C2CCOCC2)C=C(F)C1c1ccc2cnc(Nc3cnccc3[C@@H]3CCC[C@H](N)C3)n2n1. The van der Waals surface area contributed by atoms with Crippen molar-refractivity contribution < 1.29 is 13.5 Å². The van der Waals surface area contributed by atoms with Gasteiger partial charge in [0.1, 0.15) is 11.5 Å². The van der Waals surface area contributed by atoms with Crippen LogP contribution in [-0.4, -0.2) is 44.5 Å². The normalized spacial score (nSPS) is 28.7. The van der Waals surface area contributed by atoms with Gasteiger partial charge in [0, 0.05) is 25.5 Å². The lowest BCUT2D eigenvalue weighted by Gasteiger charge is -2.33. The Balaban J connectivity index is 1.30. The zero-order chi connectivity index (χ0) is 26.3. The summed E-state index contributed by atoms with van der Waals surface area (Å²) in [6.07, 6.45) is 14.0. The van der Waals surface area contributed by atoms with Gasteiger partial charge >= 0.3 is 0 Å². The first-order valence-electron chi connectivity index (χ1n) is 13.6. The van der Waals surface area contributed by atoms with Gasteiger partial charge in [-0.15, -0.1) is 0 Å². The first-order chi connectivity index (χ1) is 18.4. The summed E-state index contributed by atoms with van der Waals surface area (Å²) in [7, 11) is 0. The van der Waals surface area contributed by atoms with Crippen molar-refractivity contribution in [1.29, 1.82) is 0 Å². The third kappa shape index (κ3) is 4.85. The van der Waals surface area contributed by atoms with Crippen LogP contribution in [-0.2, 0) is 4.74 Å². The van der Waals surface area contributed by atoms with Crippen molar-refractivity contribution in [2.24, 2.45) is 11.7 Å². The lowest BCUT2D eigenvalue weighted by atomic mass is 9.77. The van der Waals surface area contributed by atoms with Crippen LogP contribution in [0.5, 0.6) is 0 Å². The van der Waals surface area contributed by atoms with Crippen LogP contribution in [0.3, 0.4) is 0 Å². The molecule has 7 nitrogen and oxygen atoms in total. The molecule has 1 saturated carbocycles. The fourth-order valence-electron chi connectivity index (χ4n) is 6.29. The number of halogens is 2. The van der Waals surface area contributed by atoms with Crippen LogP contribution in [0.15, 0.2) is 60.3 Å². The Hall–Kier alpha value is -3.17. The van der Waals surface area contributed by atoms with Crippen LogP contribution >= 0.6 is 0 Å². The standard InChI is InChI=1S/C29H34F2N6O/c1-29(31)15-20(18-8-11-38-12-9-18)14-24(30)27(29)25-6-5-22-16-34-28(37(22)36-25)35-26-17-33-10-7-23(26)19-3-2-4-21(32)13-19/h5-7,10,14-19,21,27H,2-4,8-9,11-13,32H2,1H3,(H,34,35)/t19-,21+,27?,29?/m1/s1. The van der Waals surface area contributed by atoms with E-state index < -0.39 is 17.4 Å². The molecule has 0 spiro atoms. The number of nitrogens with two attached hydrogens (primary N) is 1. The summed E-state index contributed by atoms with van der Waals surface area (Å²) < 4.78 is 38.6. The number of rotatable bonds is 5. The molecule has 0 amide bonds. The van der Waals surface area contributed by atoms with Gasteiger partial charge in [0.25, 0.3) is 0 Å². The Labute approximate surface area is 221 Å². The Bertz CT molecular complexity index is 1380. The number of fused-ring (bicyclic) bond motifs is 1. The first-order valence-corrected chi connectivity index (χ1v) is 13.6. The molecule has 3 aromatic heterocycles. The van der Waals surface area contributed by atoms with Gasteiger partial charge in [-0.1, -0.05) is 6.42 Å². The molecule has 6 rings (SSSR count). The van der Waals surface area contributed by atoms with Gasteiger partial charge in [-0.05, 0) is 92.4 Å². The van der Waals surface area contributed by atoms with Crippen LogP contribution < -0.4 is 11.1 Å². The van der Waals surface area contributed by atoms with Gasteiger partial charge in [0.2, 0.25) is 5.95 Å². The molecule has 2 fully saturated rings. The van der Waals surface area contributed by atoms with E-state index in [0.29, 0.717) is 36.3 Å². The quantitative estimate of drug-likeness (QED) is 0.436. The number of nitrogens with one attached hydrogen (secondary N) is 1. The second-order valence-corrected chi connectivity index (χ2v) is 11.0. The lowest BCUT2D eigenvalue weighted by Crippen LogP contribution is -2.32. The molecule has 2 aliphatic carbocycles. The van der Waals surface area contributed by atoms with Gasteiger partial charge in [0.15, 0.2) is 0 Å². The smallest absolute Gasteiger partial charge is 0.229 e. The number of pyridine rings is 1.